The van der Waals surface area contributed by atoms with E-state index >= 15 is 0 Å². The molecule has 0 fully saturated rings. The van der Waals surface area contributed by atoms with Crippen molar-refractivity contribution < 1.29 is 14.3 Å². The van der Waals surface area contributed by atoms with E-state index in [-0.39, 0.29) is 5.97 Å². The first kappa shape index (κ1) is 46.0. The molecule has 0 aromatic heterocycles. The zero-order valence-corrected chi connectivity index (χ0v) is 33.5. The van der Waals surface area contributed by atoms with Crippen molar-refractivity contribution >= 4 is 12.0 Å². The number of unbranched alkanes of at least 4 members (excludes halogenated alkanes) is 24. The molecule has 0 heterocycles. The van der Waals surface area contributed by atoms with Gasteiger partial charge in [0.25, 0.3) is 0 Å². The van der Waals surface area contributed by atoms with Crippen LogP contribution in [0.4, 0.5) is 0 Å². The Bertz CT molecular complexity index is 866. The van der Waals surface area contributed by atoms with Crippen LogP contribution in [0.2, 0.25) is 0 Å². The van der Waals surface area contributed by atoms with Crippen LogP contribution in [-0.2, 0) is 16.0 Å². The van der Waals surface area contributed by atoms with Crippen LogP contribution in [0.1, 0.15) is 224 Å². The van der Waals surface area contributed by atoms with Crippen molar-refractivity contribution in [3.05, 3.63) is 48.1 Å². The van der Waals surface area contributed by atoms with Gasteiger partial charge in [0.1, 0.15) is 5.75 Å². The van der Waals surface area contributed by atoms with Crippen molar-refractivity contribution in [2.24, 2.45) is 0 Å². The number of allylic oxidation sites excluding steroid dienone is 1. The van der Waals surface area contributed by atoms with Gasteiger partial charge in [-0.15, -0.1) is 0 Å². The maximum atomic E-state index is 11.9. The summed E-state index contributed by atoms with van der Waals surface area (Å²) in [5, 5.41) is 0. The molecule has 0 aliphatic rings. The van der Waals surface area contributed by atoms with Crippen LogP contribution in [-0.4, -0.2) is 19.2 Å². The molecule has 50 heavy (non-hydrogen) atoms. The lowest BCUT2D eigenvalue weighted by atomic mass is 10.0. The minimum absolute atomic E-state index is 0.00405. The van der Waals surface area contributed by atoms with Crippen LogP contribution in [0.5, 0.6) is 5.75 Å². The van der Waals surface area contributed by atoms with Crippen LogP contribution >= 0.6 is 0 Å². The largest absolute Gasteiger partial charge is 0.494 e. The van der Waals surface area contributed by atoms with Gasteiger partial charge < -0.3 is 9.47 Å². The number of esters is 1. The molecule has 0 aliphatic carbocycles. The van der Waals surface area contributed by atoms with Gasteiger partial charge in [0.05, 0.1) is 13.2 Å². The fraction of sp³-hybridized carbons (Fsp3) is 0.766. The average molecular weight is 695 g/mol. The molecule has 0 N–H and O–H groups in total. The maximum Gasteiger partial charge on any atom is 0.305 e. The first-order valence-electron chi connectivity index (χ1n) is 21.8. The summed E-state index contributed by atoms with van der Waals surface area (Å²) in [6.45, 7) is 14.3. The number of ether oxygens (including phenoxy) is 2. The zero-order valence-electron chi connectivity index (χ0n) is 33.5. The van der Waals surface area contributed by atoms with Gasteiger partial charge >= 0.3 is 5.97 Å². The van der Waals surface area contributed by atoms with Crippen LogP contribution in [0, 0.1) is 0 Å². The molecule has 0 bridgehead atoms. The highest BCUT2D eigenvalue weighted by Gasteiger charge is 2.04. The van der Waals surface area contributed by atoms with Crippen molar-refractivity contribution in [3.8, 4) is 5.75 Å². The molecule has 0 atom stereocenters. The van der Waals surface area contributed by atoms with Crippen molar-refractivity contribution in [3.63, 3.8) is 0 Å². The third-order valence-corrected chi connectivity index (χ3v) is 10.2. The second-order valence-corrected chi connectivity index (χ2v) is 15.1. The highest BCUT2D eigenvalue weighted by Crippen LogP contribution is 2.22. The Kier molecular flexibility index (Phi) is 32.5. The van der Waals surface area contributed by atoms with E-state index in [1.54, 1.807) is 0 Å². The molecule has 0 saturated heterocycles. The van der Waals surface area contributed by atoms with Crippen LogP contribution in [0.25, 0.3) is 6.08 Å². The normalized spacial score (nSPS) is 11.2. The Labute approximate surface area is 311 Å². The Morgan fingerprint density at radius 3 is 1.50 bits per heavy atom. The number of hydrogen-bond donors (Lipinski definition) is 0. The molecule has 0 saturated carbocycles. The second kappa shape index (κ2) is 35.4. The molecule has 0 spiro atoms. The summed E-state index contributed by atoms with van der Waals surface area (Å²) >= 11 is 0. The summed E-state index contributed by atoms with van der Waals surface area (Å²) in [6.07, 6.45) is 41.9. The van der Waals surface area contributed by atoms with Crippen molar-refractivity contribution in [1.82, 2.24) is 0 Å². The van der Waals surface area contributed by atoms with Crippen LogP contribution < -0.4 is 4.74 Å². The Morgan fingerprint density at radius 2 is 0.980 bits per heavy atom. The molecule has 3 heteroatoms. The van der Waals surface area contributed by atoms with E-state index in [0.29, 0.717) is 13.0 Å². The van der Waals surface area contributed by atoms with Crippen molar-refractivity contribution in [1.29, 1.82) is 0 Å². The molecule has 0 aliphatic heterocycles. The standard InChI is InChI=1S/C47H82O3/c1-5-8-10-12-16-22-28-34-43(4)35-29-23-18-14-20-26-32-38-49-46-41-44(7-3)40-45(42-46)36-30-24-19-15-21-27-33-39-50-47(48)37-31-25-17-13-11-9-6-2/h7,40-42H,3-6,8-39H2,1-2H3. The predicted molar refractivity (Wildman–Crippen MR) is 220 cm³/mol. The summed E-state index contributed by atoms with van der Waals surface area (Å²) in [5.74, 6) is 0.993. The quantitative estimate of drug-likeness (QED) is 0.0393. The first-order chi connectivity index (χ1) is 24.6. The van der Waals surface area contributed by atoms with Gasteiger partial charge in [-0.3, -0.25) is 4.79 Å². The number of carbonyl (C=O) groups excluding carboxylic acids is 1. The van der Waals surface area contributed by atoms with Gasteiger partial charge in [0, 0.05) is 6.42 Å². The first-order valence-corrected chi connectivity index (χ1v) is 21.8. The van der Waals surface area contributed by atoms with E-state index in [1.165, 1.54) is 172 Å². The molecular weight excluding hydrogens is 613 g/mol. The SMILES string of the molecule is C=Cc1cc(CCCCCCCCCOC(=O)CCCCCCCCC)cc(OCCCCCCCCCC(=C)CCCCCCCCC)c1. The molecule has 0 amide bonds. The number of benzene rings is 1. The Balaban J connectivity index is 2.00. The van der Waals surface area contributed by atoms with Gasteiger partial charge in [-0.1, -0.05) is 186 Å². The highest BCUT2D eigenvalue weighted by molar-refractivity contribution is 5.69. The summed E-state index contributed by atoms with van der Waals surface area (Å²) in [5.41, 5.74) is 4.00. The fourth-order valence-electron chi connectivity index (χ4n) is 6.84. The monoisotopic (exact) mass is 695 g/mol. The number of rotatable bonds is 38. The van der Waals surface area contributed by atoms with Crippen LogP contribution in [0.15, 0.2) is 36.9 Å². The summed E-state index contributed by atoms with van der Waals surface area (Å²) in [6, 6.07) is 6.63. The fourth-order valence-corrected chi connectivity index (χ4v) is 6.84. The van der Waals surface area contributed by atoms with Crippen molar-refractivity contribution in [2.45, 2.75) is 219 Å². The van der Waals surface area contributed by atoms with Crippen LogP contribution in [0.3, 0.4) is 0 Å². The molecule has 288 valence electrons. The number of hydrogen-bond acceptors (Lipinski definition) is 3. The van der Waals surface area contributed by atoms with Gasteiger partial charge in [0.2, 0.25) is 0 Å². The van der Waals surface area contributed by atoms with Gasteiger partial charge in [0.15, 0.2) is 0 Å². The van der Waals surface area contributed by atoms with E-state index in [2.05, 4.69) is 45.2 Å². The van der Waals surface area contributed by atoms with E-state index in [0.717, 1.165) is 56.4 Å². The minimum atomic E-state index is -0.00405. The molecule has 0 unspecified atom stereocenters. The van der Waals surface area contributed by atoms with E-state index in [9.17, 15) is 4.79 Å². The van der Waals surface area contributed by atoms with Gasteiger partial charge in [-0.2, -0.15) is 0 Å². The molecule has 1 aromatic rings. The summed E-state index contributed by atoms with van der Waals surface area (Å²) in [4.78, 5) is 11.9. The molecule has 1 aromatic carbocycles. The van der Waals surface area contributed by atoms with Gasteiger partial charge in [-0.05, 0) is 81.0 Å². The summed E-state index contributed by atoms with van der Waals surface area (Å²) in [7, 11) is 0. The smallest absolute Gasteiger partial charge is 0.305 e. The average Bonchev–Trinajstić information content (AvgIpc) is 3.12. The third kappa shape index (κ3) is 29.7. The second-order valence-electron chi connectivity index (χ2n) is 15.1. The van der Waals surface area contributed by atoms with Crippen molar-refractivity contribution in [2.75, 3.05) is 13.2 Å². The van der Waals surface area contributed by atoms with E-state index in [1.807, 2.05) is 6.08 Å². The lowest BCUT2D eigenvalue weighted by Crippen LogP contribution is -2.05. The number of aryl methyl sites for hydroxylation is 1. The third-order valence-electron chi connectivity index (χ3n) is 10.2. The minimum Gasteiger partial charge on any atom is -0.494 e. The predicted octanol–water partition coefficient (Wildman–Crippen LogP) is 15.5. The van der Waals surface area contributed by atoms with E-state index < -0.39 is 0 Å². The molecule has 0 radical (unpaired) electrons. The Morgan fingerprint density at radius 1 is 0.540 bits per heavy atom. The summed E-state index contributed by atoms with van der Waals surface area (Å²) < 4.78 is 11.6. The molecule has 3 nitrogen and oxygen atoms in total. The van der Waals surface area contributed by atoms with E-state index in [4.69, 9.17) is 9.47 Å². The topological polar surface area (TPSA) is 35.5 Å². The lowest BCUT2D eigenvalue weighted by molar-refractivity contribution is -0.143. The lowest BCUT2D eigenvalue weighted by Gasteiger charge is -2.10. The highest BCUT2D eigenvalue weighted by atomic mass is 16.5. The van der Waals surface area contributed by atoms with Gasteiger partial charge in [-0.25, -0.2) is 0 Å². The zero-order chi connectivity index (χ0) is 36.2. The maximum absolute atomic E-state index is 11.9. The Hall–Kier alpha value is -2.03. The molecule has 1 rings (SSSR count). The number of carbonyl (C=O) groups is 1. The molecular formula is C47H82O3.